The molecule has 0 aromatic rings. The molecule has 0 aliphatic carbocycles. The molecule has 1 aliphatic heterocycles. The Labute approximate surface area is 205 Å². The van der Waals surface area contributed by atoms with Gasteiger partial charge in [-0.2, -0.15) is 0 Å². The van der Waals surface area contributed by atoms with E-state index in [1.807, 2.05) is 6.92 Å². The highest BCUT2D eigenvalue weighted by molar-refractivity contribution is 14.0. The summed E-state index contributed by atoms with van der Waals surface area (Å²) in [6.45, 7) is 11.2. The van der Waals surface area contributed by atoms with Crippen LogP contribution in [0.3, 0.4) is 0 Å². The zero-order chi connectivity index (χ0) is 22.6. The van der Waals surface area contributed by atoms with Gasteiger partial charge in [-0.3, -0.25) is 4.79 Å². The van der Waals surface area contributed by atoms with Crippen molar-refractivity contribution in [2.45, 2.75) is 72.3 Å². The van der Waals surface area contributed by atoms with Gasteiger partial charge in [-0.25, -0.2) is 9.79 Å². The van der Waals surface area contributed by atoms with Gasteiger partial charge in [-0.15, -0.1) is 24.0 Å². The Morgan fingerprint density at radius 1 is 1.16 bits per heavy atom. The fourth-order valence-electron chi connectivity index (χ4n) is 3.32. The predicted octanol–water partition coefficient (Wildman–Crippen LogP) is 3.46. The van der Waals surface area contributed by atoms with Crippen LogP contribution in [0.15, 0.2) is 4.99 Å². The van der Waals surface area contributed by atoms with Crippen LogP contribution in [0.25, 0.3) is 0 Å². The van der Waals surface area contributed by atoms with Crippen molar-refractivity contribution < 1.29 is 14.3 Å². The zero-order valence-electron chi connectivity index (χ0n) is 20.3. The first-order valence-corrected chi connectivity index (χ1v) is 11.3. The van der Waals surface area contributed by atoms with E-state index in [2.05, 4.69) is 36.4 Å². The molecule has 0 unspecified atom stereocenters. The molecule has 1 heterocycles. The Bertz CT molecular complexity index is 561. The van der Waals surface area contributed by atoms with Crippen LogP contribution in [0.4, 0.5) is 4.79 Å². The third kappa shape index (κ3) is 12.4. The third-order valence-corrected chi connectivity index (χ3v) is 5.42. The molecule has 0 saturated carbocycles. The number of guanidine groups is 1. The van der Waals surface area contributed by atoms with Crippen LogP contribution in [0.1, 0.15) is 66.2 Å². The van der Waals surface area contributed by atoms with Gasteiger partial charge >= 0.3 is 6.09 Å². The summed E-state index contributed by atoms with van der Waals surface area (Å²) in [6, 6.07) is 0.208. The summed E-state index contributed by atoms with van der Waals surface area (Å²) in [4.78, 5) is 31.7. The number of hydrogen-bond acceptors (Lipinski definition) is 4. The Hall–Kier alpha value is -1.26. The summed E-state index contributed by atoms with van der Waals surface area (Å²) in [5.74, 6) is 0.638. The second kappa shape index (κ2) is 15.5. The molecule has 9 heteroatoms. The number of nitrogens with one attached hydrogen (secondary N) is 2. The van der Waals surface area contributed by atoms with Gasteiger partial charge in [0.05, 0.1) is 6.61 Å². The number of ether oxygens (including phenoxy) is 1. The lowest BCUT2D eigenvalue weighted by Gasteiger charge is -2.33. The van der Waals surface area contributed by atoms with E-state index in [9.17, 15) is 9.59 Å². The number of likely N-dealkylation sites (tertiary alicyclic amines) is 1. The Morgan fingerprint density at radius 3 is 2.35 bits per heavy atom. The molecule has 0 bridgehead atoms. The number of halogens is 1. The van der Waals surface area contributed by atoms with Gasteiger partial charge in [0.1, 0.15) is 6.54 Å². The standard InChI is InChI=1S/C22H43N5O3.HI/c1-7-9-10-13-22(3,4)17-24-20(23-16-19(28)26(5)6)25-18-11-14-27(15-12-18)21(29)30-8-2;/h18H,7-17H2,1-6H3,(H2,23,24,25);1H. The van der Waals surface area contributed by atoms with Gasteiger partial charge in [0.15, 0.2) is 5.96 Å². The molecular weight excluding hydrogens is 509 g/mol. The molecule has 0 atom stereocenters. The second-order valence-corrected chi connectivity index (χ2v) is 9.03. The molecule has 0 spiro atoms. The minimum Gasteiger partial charge on any atom is -0.450 e. The monoisotopic (exact) mass is 553 g/mol. The van der Waals surface area contributed by atoms with Crippen LogP contribution in [-0.4, -0.2) is 80.7 Å². The highest BCUT2D eigenvalue weighted by Gasteiger charge is 2.25. The lowest BCUT2D eigenvalue weighted by atomic mass is 9.87. The van der Waals surface area contributed by atoms with E-state index < -0.39 is 0 Å². The maximum atomic E-state index is 12.0. The van der Waals surface area contributed by atoms with Crippen molar-refractivity contribution in [3.63, 3.8) is 0 Å². The Morgan fingerprint density at radius 2 is 1.81 bits per heavy atom. The summed E-state index contributed by atoms with van der Waals surface area (Å²) in [5, 5.41) is 6.92. The number of nitrogens with zero attached hydrogens (tertiary/aromatic N) is 3. The lowest BCUT2D eigenvalue weighted by molar-refractivity contribution is -0.127. The minimum atomic E-state index is -0.242. The van der Waals surface area contributed by atoms with E-state index in [1.54, 1.807) is 23.9 Å². The largest absolute Gasteiger partial charge is 0.450 e. The van der Waals surface area contributed by atoms with E-state index >= 15 is 0 Å². The van der Waals surface area contributed by atoms with Crippen molar-refractivity contribution in [1.29, 1.82) is 0 Å². The molecule has 31 heavy (non-hydrogen) atoms. The first-order chi connectivity index (χ1) is 14.2. The molecule has 182 valence electrons. The molecular formula is C22H44IN5O3. The average Bonchev–Trinajstić information content (AvgIpc) is 2.70. The van der Waals surface area contributed by atoms with E-state index in [4.69, 9.17) is 4.74 Å². The molecule has 1 rings (SSSR count). The fourth-order valence-corrected chi connectivity index (χ4v) is 3.32. The smallest absolute Gasteiger partial charge is 0.409 e. The topological polar surface area (TPSA) is 86.3 Å². The summed E-state index contributed by atoms with van der Waals surface area (Å²) >= 11 is 0. The van der Waals surface area contributed by atoms with Crippen molar-refractivity contribution >= 4 is 41.9 Å². The summed E-state index contributed by atoms with van der Waals surface area (Å²) < 4.78 is 5.09. The summed E-state index contributed by atoms with van der Waals surface area (Å²) in [6.07, 6.45) is 6.23. The number of rotatable bonds is 10. The van der Waals surface area contributed by atoms with Gasteiger partial charge < -0.3 is 25.2 Å². The molecule has 0 radical (unpaired) electrons. The van der Waals surface area contributed by atoms with Crippen molar-refractivity contribution in [2.75, 3.05) is 46.9 Å². The van der Waals surface area contributed by atoms with Crippen LogP contribution >= 0.6 is 24.0 Å². The number of carbonyl (C=O) groups excluding carboxylic acids is 2. The van der Waals surface area contributed by atoms with Crippen molar-refractivity contribution in [3.05, 3.63) is 0 Å². The minimum absolute atomic E-state index is 0. The first-order valence-electron chi connectivity index (χ1n) is 11.3. The van der Waals surface area contributed by atoms with E-state index in [0.717, 1.165) is 25.8 Å². The van der Waals surface area contributed by atoms with E-state index in [-0.39, 0.29) is 54.0 Å². The van der Waals surface area contributed by atoms with E-state index in [1.165, 1.54) is 19.3 Å². The molecule has 1 aliphatic rings. The highest BCUT2D eigenvalue weighted by Crippen LogP contribution is 2.22. The fraction of sp³-hybridized carbons (Fsp3) is 0.864. The second-order valence-electron chi connectivity index (χ2n) is 9.03. The highest BCUT2D eigenvalue weighted by atomic mass is 127. The summed E-state index contributed by atoms with van der Waals surface area (Å²) in [7, 11) is 3.47. The molecule has 8 nitrogen and oxygen atoms in total. The quantitative estimate of drug-likeness (QED) is 0.187. The van der Waals surface area contributed by atoms with Crippen LogP contribution < -0.4 is 10.6 Å². The summed E-state index contributed by atoms with van der Waals surface area (Å²) in [5.41, 5.74) is 0.149. The molecule has 2 N–H and O–H groups in total. The SMILES string of the molecule is CCCCCC(C)(C)CNC(=NCC(=O)N(C)C)NC1CCN(C(=O)OCC)CC1.I. The number of unbranched alkanes of at least 4 members (excludes halogenated alkanes) is 2. The maximum Gasteiger partial charge on any atom is 0.409 e. The van der Waals surface area contributed by atoms with Gasteiger partial charge in [0, 0.05) is 39.8 Å². The predicted molar refractivity (Wildman–Crippen MR) is 137 cm³/mol. The molecule has 0 aromatic heterocycles. The number of amides is 2. The van der Waals surface area contributed by atoms with E-state index in [0.29, 0.717) is 25.7 Å². The van der Waals surface area contributed by atoms with Crippen LogP contribution in [0.2, 0.25) is 0 Å². The van der Waals surface area contributed by atoms with Crippen LogP contribution in [0, 0.1) is 5.41 Å². The van der Waals surface area contributed by atoms with Crippen LogP contribution in [-0.2, 0) is 9.53 Å². The van der Waals surface area contributed by atoms with Gasteiger partial charge in [-0.1, -0.05) is 40.0 Å². The number of likely N-dealkylation sites (N-methyl/N-ethyl adjacent to an activating group) is 1. The Balaban J connectivity index is 0.00000900. The van der Waals surface area contributed by atoms with Crippen molar-refractivity contribution in [1.82, 2.24) is 20.4 Å². The first kappa shape index (κ1) is 29.7. The number of carbonyl (C=O) groups is 2. The van der Waals surface area contributed by atoms with Gasteiger partial charge in [0.2, 0.25) is 5.91 Å². The molecule has 2 amide bonds. The lowest BCUT2D eigenvalue weighted by Crippen LogP contribution is -2.51. The molecule has 0 aromatic carbocycles. The normalized spacial score (nSPS) is 15.2. The number of aliphatic imine (C=N–C) groups is 1. The molecule has 1 fully saturated rings. The van der Waals surface area contributed by atoms with Gasteiger partial charge in [0.25, 0.3) is 0 Å². The Kier molecular flexibility index (Phi) is 14.9. The average molecular weight is 554 g/mol. The third-order valence-electron chi connectivity index (χ3n) is 5.42. The number of hydrogen-bond donors (Lipinski definition) is 2. The van der Waals surface area contributed by atoms with Crippen molar-refractivity contribution in [2.24, 2.45) is 10.4 Å². The number of piperidine rings is 1. The molecule has 1 saturated heterocycles. The van der Waals surface area contributed by atoms with Crippen LogP contribution in [0.5, 0.6) is 0 Å². The van der Waals surface area contributed by atoms with Crippen molar-refractivity contribution in [3.8, 4) is 0 Å². The maximum absolute atomic E-state index is 12.0. The zero-order valence-corrected chi connectivity index (χ0v) is 22.7. The van der Waals surface area contributed by atoms with Gasteiger partial charge in [-0.05, 0) is 31.6 Å².